The predicted molar refractivity (Wildman–Crippen MR) is 90.9 cm³/mol. The Bertz CT molecular complexity index is 614. The van der Waals surface area contributed by atoms with Crippen LogP contribution in [-0.2, 0) is 13.1 Å². The Labute approximate surface area is 137 Å². The lowest BCUT2D eigenvalue weighted by molar-refractivity contribution is -0.686. The van der Waals surface area contributed by atoms with Crippen molar-refractivity contribution in [2.75, 3.05) is 13.2 Å². The molecule has 0 saturated carbocycles. The number of benzene rings is 2. The molecule has 0 aliphatic carbocycles. The summed E-state index contributed by atoms with van der Waals surface area (Å²) in [6.07, 6.45) is 10.3. The van der Waals surface area contributed by atoms with Gasteiger partial charge in [-0.05, 0) is 48.5 Å². The zero-order valence-corrected chi connectivity index (χ0v) is 13.0. The van der Waals surface area contributed by atoms with Gasteiger partial charge >= 0.3 is 0 Å². The third-order valence-corrected chi connectivity index (χ3v) is 3.25. The number of terminal acetylenes is 2. The van der Waals surface area contributed by atoms with Crippen LogP contribution in [0.25, 0.3) is 0 Å². The van der Waals surface area contributed by atoms with E-state index in [1.807, 2.05) is 24.3 Å². The second-order valence-electron chi connectivity index (χ2n) is 4.97. The first kappa shape index (κ1) is 16.5. The van der Waals surface area contributed by atoms with Gasteiger partial charge in [-0.3, -0.25) is 0 Å². The molecule has 0 atom stereocenters. The van der Waals surface area contributed by atoms with Crippen molar-refractivity contribution in [3.8, 4) is 36.2 Å². The van der Waals surface area contributed by atoms with Gasteiger partial charge in [-0.1, -0.05) is 11.8 Å². The van der Waals surface area contributed by atoms with Gasteiger partial charge in [-0.25, -0.2) is 0 Å². The van der Waals surface area contributed by atoms with Crippen molar-refractivity contribution in [2.24, 2.45) is 0 Å². The third-order valence-electron chi connectivity index (χ3n) is 3.25. The minimum absolute atomic E-state index is 0.298. The monoisotopic (exact) mass is 306 g/mol. The van der Waals surface area contributed by atoms with Crippen LogP contribution in [0.1, 0.15) is 11.1 Å². The van der Waals surface area contributed by atoms with E-state index in [1.54, 1.807) is 0 Å². The number of ether oxygens (including phenoxy) is 2. The van der Waals surface area contributed by atoms with E-state index in [4.69, 9.17) is 22.3 Å². The molecule has 2 rings (SSSR count). The number of nitrogens with two attached hydrogens (primary N) is 1. The standard InChI is InChI=1S/C20H19NO2/c1-3-13-22-19-9-5-17(6-10-19)15-21-16-18-7-11-20(12-8-18)23-14-4-2/h1-2,5-12,21H,13-16H2/p+1. The van der Waals surface area contributed by atoms with E-state index in [-0.39, 0.29) is 0 Å². The van der Waals surface area contributed by atoms with Gasteiger partial charge in [0.25, 0.3) is 0 Å². The molecule has 2 aromatic rings. The van der Waals surface area contributed by atoms with Gasteiger partial charge in [-0.2, -0.15) is 0 Å². The molecule has 0 aliphatic rings. The van der Waals surface area contributed by atoms with Crippen molar-refractivity contribution < 1.29 is 14.8 Å². The average Bonchev–Trinajstić information content (AvgIpc) is 2.60. The van der Waals surface area contributed by atoms with Gasteiger partial charge in [-0.15, -0.1) is 12.8 Å². The molecule has 0 aliphatic heterocycles. The Balaban J connectivity index is 1.76. The van der Waals surface area contributed by atoms with Gasteiger partial charge in [0, 0.05) is 11.1 Å². The van der Waals surface area contributed by atoms with Crippen molar-refractivity contribution in [1.82, 2.24) is 0 Å². The van der Waals surface area contributed by atoms with Crippen LogP contribution in [0.2, 0.25) is 0 Å². The molecule has 0 unspecified atom stereocenters. The zero-order valence-electron chi connectivity index (χ0n) is 13.0. The molecule has 2 N–H and O–H groups in total. The molecule has 0 saturated heterocycles. The summed E-state index contributed by atoms with van der Waals surface area (Å²) < 4.78 is 10.7. The Hall–Kier alpha value is -2.88. The first-order chi connectivity index (χ1) is 11.3. The highest BCUT2D eigenvalue weighted by molar-refractivity contribution is 5.28. The number of hydrogen-bond acceptors (Lipinski definition) is 2. The summed E-state index contributed by atoms with van der Waals surface area (Å²) in [5, 5.41) is 2.24. The predicted octanol–water partition coefficient (Wildman–Crippen LogP) is 1.97. The molecule has 0 amide bonds. The van der Waals surface area contributed by atoms with E-state index in [1.165, 1.54) is 11.1 Å². The maximum absolute atomic E-state index is 5.35. The molecule has 3 nitrogen and oxygen atoms in total. The highest BCUT2D eigenvalue weighted by Crippen LogP contribution is 2.12. The molecule has 0 spiro atoms. The average molecular weight is 306 g/mol. The van der Waals surface area contributed by atoms with Crippen LogP contribution in [-0.4, -0.2) is 13.2 Å². The fourth-order valence-corrected chi connectivity index (χ4v) is 2.10. The summed E-state index contributed by atoms with van der Waals surface area (Å²) in [6, 6.07) is 16.0. The van der Waals surface area contributed by atoms with E-state index < -0.39 is 0 Å². The molecule has 2 aromatic carbocycles. The van der Waals surface area contributed by atoms with Crippen molar-refractivity contribution in [1.29, 1.82) is 0 Å². The summed E-state index contributed by atoms with van der Waals surface area (Å²) >= 11 is 0. The van der Waals surface area contributed by atoms with Crippen LogP contribution in [0.5, 0.6) is 11.5 Å². The van der Waals surface area contributed by atoms with Gasteiger partial charge in [0.15, 0.2) is 0 Å². The number of hydrogen-bond donors (Lipinski definition) is 1. The number of rotatable bonds is 8. The molecule has 116 valence electrons. The van der Waals surface area contributed by atoms with Crippen molar-refractivity contribution >= 4 is 0 Å². The largest absolute Gasteiger partial charge is 0.481 e. The first-order valence-corrected chi connectivity index (χ1v) is 7.44. The van der Waals surface area contributed by atoms with Crippen molar-refractivity contribution in [3.05, 3.63) is 59.7 Å². The van der Waals surface area contributed by atoms with E-state index >= 15 is 0 Å². The summed E-state index contributed by atoms with van der Waals surface area (Å²) in [5.41, 5.74) is 2.49. The normalized spacial score (nSPS) is 9.65. The second kappa shape index (κ2) is 9.20. The van der Waals surface area contributed by atoms with Gasteiger partial charge in [0.2, 0.25) is 0 Å². The molecule has 0 heterocycles. The van der Waals surface area contributed by atoms with E-state index in [0.717, 1.165) is 24.6 Å². The lowest BCUT2D eigenvalue weighted by Crippen LogP contribution is -2.80. The summed E-state index contributed by atoms with van der Waals surface area (Å²) in [7, 11) is 0. The minimum atomic E-state index is 0.298. The Morgan fingerprint density at radius 1 is 0.696 bits per heavy atom. The maximum atomic E-state index is 5.35. The van der Waals surface area contributed by atoms with Gasteiger partial charge in [0.05, 0.1) is 0 Å². The van der Waals surface area contributed by atoms with Crippen molar-refractivity contribution in [2.45, 2.75) is 13.1 Å². The quantitative estimate of drug-likeness (QED) is 0.757. The SMILES string of the molecule is C#CCOc1ccc(C[NH2+]Cc2ccc(OCC#C)cc2)cc1. The van der Waals surface area contributed by atoms with Gasteiger partial charge in [0.1, 0.15) is 37.8 Å². The maximum Gasteiger partial charge on any atom is 0.148 e. The van der Waals surface area contributed by atoms with Crippen LogP contribution in [0, 0.1) is 24.7 Å². The summed E-state index contributed by atoms with van der Waals surface area (Å²) in [4.78, 5) is 0. The van der Waals surface area contributed by atoms with Gasteiger partial charge < -0.3 is 14.8 Å². The molecular formula is C20H20NO2+. The van der Waals surface area contributed by atoms with Crippen LogP contribution in [0.15, 0.2) is 48.5 Å². The summed E-state index contributed by atoms with van der Waals surface area (Å²) in [6.45, 7) is 2.41. The van der Waals surface area contributed by atoms with E-state index in [0.29, 0.717) is 13.2 Å². The van der Waals surface area contributed by atoms with Crippen LogP contribution >= 0.6 is 0 Å². The highest BCUT2D eigenvalue weighted by Gasteiger charge is 2.00. The zero-order chi connectivity index (χ0) is 16.3. The Morgan fingerprint density at radius 3 is 1.43 bits per heavy atom. The first-order valence-electron chi connectivity index (χ1n) is 7.44. The highest BCUT2D eigenvalue weighted by atomic mass is 16.5. The fourth-order valence-electron chi connectivity index (χ4n) is 2.10. The molecular weight excluding hydrogens is 286 g/mol. The lowest BCUT2D eigenvalue weighted by atomic mass is 10.2. The Morgan fingerprint density at radius 2 is 1.09 bits per heavy atom. The summed E-state index contributed by atoms with van der Waals surface area (Å²) in [5.74, 6) is 6.50. The molecule has 0 fully saturated rings. The van der Waals surface area contributed by atoms with Crippen molar-refractivity contribution in [3.63, 3.8) is 0 Å². The van der Waals surface area contributed by atoms with Crippen LogP contribution < -0.4 is 14.8 Å². The lowest BCUT2D eigenvalue weighted by Gasteiger charge is -2.06. The third kappa shape index (κ3) is 5.79. The molecule has 0 bridgehead atoms. The molecule has 0 aromatic heterocycles. The minimum Gasteiger partial charge on any atom is -0.481 e. The molecule has 23 heavy (non-hydrogen) atoms. The van der Waals surface area contributed by atoms with E-state index in [2.05, 4.69) is 41.4 Å². The second-order valence-corrected chi connectivity index (χ2v) is 4.97. The molecule has 0 radical (unpaired) electrons. The van der Waals surface area contributed by atoms with Crippen LogP contribution in [0.3, 0.4) is 0 Å². The van der Waals surface area contributed by atoms with E-state index in [9.17, 15) is 0 Å². The smallest absolute Gasteiger partial charge is 0.148 e. The Kier molecular flexibility index (Phi) is 6.60. The topological polar surface area (TPSA) is 35.1 Å². The number of quaternary nitrogens is 1. The fraction of sp³-hybridized carbons (Fsp3) is 0.200. The van der Waals surface area contributed by atoms with Crippen LogP contribution in [0.4, 0.5) is 0 Å². The molecule has 3 heteroatoms.